The third-order valence-corrected chi connectivity index (χ3v) is 5.05. The Morgan fingerprint density at radius 2 is 1.90 bits per heavy atom. The van der Waals surface area contributed by atoms with E-state index in [1.165, 1.54) is 6.07 Å². The first-order valence-electron chi connectivity index (χ1n) is 5.43. The lowest BCUT2D eigenvalue weighted by Gasteiger charge is -2.10. The molecule has 7 nitrogen and oxygen atoms in total. The predicted molar refractivity (Wildman–Crippen MR) is 80.2 cm³/mol. The second-order valence-corrected chi connectivity index (χ2v) is 8.02. The molecular weight excluding hydrogens is 322 g/mol. The van der Waals surface area contributed by atoms with Crippen molar-refractivity contribution in [2.24, 2.45) is 10.9 Å². The van der Waals surface area contributed by atoms with Gasteiger partial charge < -0.3 is 5.73 Å². The monoisotopic (exact) mass is 337 g/mol. The van der Waals surface area contributed by atoms with Gasteiger partial charge in [-0.05, 0) is 18.6 Å². The number of hydrogen-bond donors (Lipinski definition) is 3. The summed E-state index contributed by atoms with van der Waals surface area (Å²) < 4.78 is 47.9. The van der Waals surface area contributed by atoms with Crippen LogP contribution in [-0.2, 0) is 20.0 Å². The van der Waals surface area contributed by atoms with E-state index < -0.39 is 25.8 Å². The third kappa shape index (κ3) is 4.80. The Morgan fingerprint density at radius 3 is 2.40 bits per heavy atom. The van der Waals surface area contributed by atoms with Crippen LogP contribution in [-0.4, -0.2) is 34.1 Å². The Kier molecular flexibility index (Phi) is 5.21. The van der Waals surface area contributed by atoms with Gasteiger partial charge in [0.05, 0.1) is 10.6 Å². The minimum Gasteiger partial charge on any atom is -0.389 e. The molecule has 1 aromatic rings. The van der Waals surface area contributed by atoms with Crippen molar-refractivity contribution in [1.82, 2.24) is 4.72 Å². The minimum atomic E-state index is -3.85. The maximum absolute atomic E-state index is 12.1. The van der Waals surface area contributed by atoms with Crippen LogP contribution in [0.15, 0.2) is 23.1 Å². The first-order chi connectivity index (χ1) is 9.03. The first kappa shape index (κ1) is 17.0. The highest BCUT2D eigenvalue weighted by Gasteiger charge is 2.18. The highest BCUT2D eigenvalue weighted by atomic mass is 32.2. The van der Waals surface area contributed by atoms with Gasteiger partial charge in [0.1, 0.15) is 4.99 Å². The van der Waals surface area contributed by atoms with Crippen molar-refractivity contribution in [1.29, 1.82) is 0 Å². The summed E-state index contributed by atoms with van der Waals surface area (Å²) in [4.78, 5) is 0.0724. The van der Waals surface area contributed by atoms with Gasteiger partial charge in [0, 0.05) is 12.1 Å². The van der Waals surface area contributed by atoms with Crippen molar-refractivity contribution in [2.75, 3.05) is 12.3 Å². The van der Waals surface area contributed by atoms with Gasteiger partial charge in [-0.2, -0.15) is 0 Å². The van der Waals surface area contributed by atoms with Crippen molar-refractivity contribution in [3.8, 4) is 0 Å². The van der Waals surface area contributed by atoms with Crippen LogP contribution >= 0.6 is 12.2 Å². The van der Waals surface area contributed by atoms with E-state index in [0.29, 0.717) is 11.1 Å². The Bertz CT molecular complexity index is 726. The Labute approximate surface area is 123 Å². The van der Waals surface area contributed by atoms with Gasteiger partial charge in [0.2, 0.25) is 20.0 Å². The largest absolute Gasteiger partial charge is 0.389 e. The number of sulfonamides is 2. The van der Waals surface area contributed by atoms with E-state index in [4.69, 9.17) is 23.1 Å². The van der Waals surface area contributed by atoms with Crippen molar-refractivity contribution < 1.29 is 16.8 Å². The van der Waals surface area contributed by atoms with Crippen LogP contribution in [0.1, 0.15) is 11.1 Å². The van der Waals surface area contributed by atoms with Crippen molar-refractivity contribution in [2.45, 2.75) is 11.8 Å². The maximum atomic E-state index is 12.1. The lowest BCUT2D eigenvalue weighted by molar-refractivity contribution is 0.581. The molecule has 0 spiro atoms. The molecule has 0 saturated heterocycles. The number of hydrogen-bond acceptors (Lipinski definition) is 5. The summed E-state index contributed by atoms with van der Waals surface area (Å²) in [7, 11) is -7.58. The molecule has 0 bridgehead atoms. The number of nitrogens with two attached hydrogens (primary N) is 2. The molecule has 0 saturated carbocycles. The minimum absolute atomic E-state index is 0.00257. The Hall–Kier alpha value is -1.07. The summed E-state index contributed by atoms with van der Waals surface area (Å²) in [6.45, 7) is 1.30. The van der Waals surface area contributed by atoms with Gasteiger partial charge >= 0.3 is 0 Å². The van der Waals surface area contributed by atoms with E-state index in [1.54, 1.807) is 19.1 Å². The summed E-state index contributed by atoms with van der Waals surface area (Å²) in [5.41, 5.74) is 6.36. The van der Waals surface area contributed by atoms with Crippen LogP contribution in [0.5, 0.6) is 0 Å². The van der Waals surface area contributed by atoms with Crippen molar-refractivity contribution in [3.05, 3.63) is 29.3 Å². The summed E-state index contributed by atoms with van der Waals surface area (Å²) in [5, 5.41) is 4.80. The van der Waals surface area contributed by atoms with Gasteiger partial charge in [-0.1, -0.05) is 24.4 Å². The van der Waals surface area contributed by atoms with Gasteiger partial charge in [0.15, 0.2) is 0 Å². The molecule has 1 rings (SSSR count). The zero-order chi connectivity index (χ0) is 15.6. The van der Waals surface area contributed by atoms with Gasteiger partial charge in [-0.15, -0.1) is 0 Å². The molecule has 0 fully saturated rings. The van der Waals surface area contributed by atoms with Crippen LogP contribution < -0.4 is 15.6 Å². The van der Waals surface area contributed by atoms with E-state index >= 15 is 0 Å². The van der Waals surface area contributed by atoms with Gasteiger partial charge in [-0.25, -0.2) is 26.7 Å². The van der Waals surface area contributed by atoms with E-state index in [-0.39, 0.29) is 16.4 Å². The molecule has 1 aromatic carbocycles. The molecule has 10 heteroatoms. The van der Waals surface area contributed by atoms with Gasteiger partial charge in [-0.3, -0.25) is 0 Å². The summed E-state index contributed by atoms with van der Waals surface area (Å²) in [6.07, 6.45) is 0. The highest BCUT2D eigenvalue weighted by Crippen LogP contribution is 2.16. The molecule has 112 valence electrons. The maximum Gasteiger partial charge on any atom is 0.240 e. The number of primary sulfonamides is 1. The van der Waals surface area contributed by atoms with Crippen LogP contribution in [0.3, 0.4) is 0 Å². The van der Waals surface area contributed by atoms with Crippen LogP contribution in [0.25, 0.3) is 0 Å². The average molecular weight is 337 g/mol. The Morgan fingerprint density at radius 1 is 1.30 bits per heavy atom. The molecule has 0 radical (unpaired) electrons. The molecule has 0 aliphatic rings. The standard InChI is InChI=1S/C10H15N3O4S3/c1-7-2-3-8(10(11)18)6-9(7)20(16,17)13-4-5-19(12,14)15/h2-3,6,13H,4-5H2,1H3,(H2,11,18)(H2,12,14,15). The normalized spacial score (nSPS) is 12.3. The molecule has 0 heterocycles. The molecule has 0 atom stereocenters. The first-order valence-corrected chi connectivity index (χ1v) is 9.04. The van der Waals surface area contributed by atoms with E-state index in [1.807, 2.05) is 0 Å². The summed E-state index contributed by atoms with van der Waals surface area (Å²) >= 11 is 4.79. The zero-order valence-corrected chi connectivity index (χ0v) is 13.1. The molecule has 0 amide bonds. The van der Waals surface area contributed by atoms with Crippen LogP contribution in [0, 0.1) is 6.92 Å². The predicted octanol–water partition coefficient (Wildman–Crippen LogP) is -0.804. The lowest BCUT2D eigenvalue weighted by Crippen LogP contribution is -2.32. The fourth-order valence-electron chi connectivity index (χ4n) is 1.44. The average Bonchev–Trinajstić information content (AvgIpc) is 2.26. The topological polar surface area (TPSA) is 132 Å². The third-order valence-electron chi connectivity index (χ3n) is 2.44. The SMILES string of the molecule is Cc1ccc(C(N)=S)cc1S(=O)(=O)NCCS(N)(=O)=O. The lowest BCUT2D eigenvalue weighted by atomic mass is 10.1. The second kappa shape index (κ2) is 6.14. The number of rotatable bonds is 6. The molecular formula is C10H15N3O4S3. The number of benzene rings is 1. The fraction of sp³-hybridized carbons (Fsp3) is 0.300. The molecule has 0 aliphatic carbocycles. The fourth-order valence-corrected chi connectivity index (χ4v) is 3.38. The van der Waals surface area contributed by atoms with Crippen LogP contribution in [0.4, 0.5) is 0 Å². The summed E-state index contributed by atoms with van der Waals surface area (Å²) in [6, 6.07) is 4.53. The van der Waals surface area contributed by atoms with Crippen molar-refractivity contribution >= 4 is 37.3 Å². The zero-order valence-electron chi connectivity index (χ0n) is 10.7. The summed E-state index contributed by atoms with van der Waals surface area (Å²) in [5.74, 6) is -0.486. The molecule has 0 aliphatic heterocycles. The Balaban J connectivity index is 3.03. The number of aryl methyl sites for hydroxylation is 1. The van der Waals surface area contributed by atoms with Crippen molar-refractivity contribution in [3.63, 3.8) is 0 Å². The van der Waals surface area contributed by atoms with Gasteiger partial charge in [0.25, 0.3) is 0 Å². The molecule has 20 heavy (non-hydrogen) atoms. The number of nitrogens with one attached hydrogen (secondary N) is 1. The van der Waals surface area contributed by atoms with E-state index in [9.17, 15) is 16.8 Å². The molecule has 0 aromatic heterocycles. The highest BCUT2D eigenvalue weighted by molar-refractivity contribution is 7.90. The van der Waals surface area contributed by atoms with E-state index in [2.05, 4.69) is 4.72 Å². The molecule has 0 unspecified atom stereocenters. The quantitative estimate of drug-likeness (QED) is 0.582. The van der Waals surface area contributed by atoms with E-state index in [0.717, 1.165) is 0 Å². The molecule has 5 N–H and O–H groups in total. The number of thiocarbonyl (C=S) groups is 1. The van der Waals surface area contributed by atoms with Crippen LogP contribution in [0.2, 0.25) is 0 Å². The smallest absolute Gasteiger partial charge is 0.240 e. The second-order valence-electron chi connectivity index (χ2n) is 4.11.